The molecule has 0 saturated heterocycles. The summed E-state index contributed by atoms with van der Waals surface area (Å²) < 4.78 is 0. The van der Waals surface area contributed by atoms with E-state index in [9.17, 15) is 0 Å². The summed E-state index contributed by atoms with van der Waals surface area (Å²) in [6, 6.07) is 9.11. The molecule has 4 rings (SSSR count). The molecule has 1 atom stereocenters. The Morgan fingerprint density at radius 2 is 2.14 bits per heavy atom. The number of aromatic amines is 1. The van der Waals surface area contributed by atoms with Gasteiger partial charge in [-0.15, -0.1) is 11.3 Å². The average molecular weight is 297 g/mol. The molecule has 1 aromatic carbocycles. The Labute approximate surface area is 128 Å². The van der Waals surface area contributed by atoms with Crippen LogP contribution in [0.2, 0.25) is 0 Å². The predicted octanol–water partition coefficient (Wildman–Crippen LogP) is 4.68. The summed E-state index contributed by atoms with van der Waals surface area (Å²) in [6.45, 7) is 2.25. The maximum Gasteiger partial charge on any atom is 0.0651 e. The van der Waals surface area contributed by atoms with Crippen molar-refractivity contribution in [1.82, 2.24) is 10.2 Å². The van der Waals surface area contributed by atoms with Crippen LogP contribution in [0, 0.1) is 0 Å². The SMILES string of the molecule is CC(Nc1ccc2[nH]ncc2c1)c1cc2c(s1)CCCC2. The Morgan fingerprint density at radius 3 is 3.05 bits per heavy atom. The topological polar surface area (TPSA) is 40.7 Å². The minimum absolute atomic E-state index is 0.352. The maximum atomic E-state index is 4.07. The van der Waals surface area contributed by atoms with Crippen LogP contribution in [0.4, 0.5) is 5.69 Å². The second-order valence-corrected chi connectivity index (χ2v) is 7.01. The van der Waals surface area contributed by atoms with E-state index in [1.165, 1.54) is 30.6 Å². The number of aromatic nitrogens is 2. The van der Waals surface area contributed by atoms with E-state index < -0.39 is 0 Å². The number of anilines is 1. The molecule has 0 bridgehead atoms. The van der Waals surface area contributed by atoms with Crippen LogP contribution in [-0.4, -0.2) is 10.2 Å². The molecule has 0 radical (unpaired) electrons. The molecule has 21 heavy (non-hydrogen) atoms. The van der Waals surface area contributed by atoms with Crippen molar-refractivity contribution in [3.63, 3.8) is 0 Å². The van der Waals surface area contributed by atoms with Crippen molar-refractivity contribution in [3.8, 4) is 0 Å². The van der Waals surface area contributed by atoms with E-state index in [0.717, 1.165) is 16.6 Å². The van der Waals surface area contributed by atoms with E-state index >= 15 is 0 Å². The lowest BCUT2D eigenvalue weighted by atomic mass is 9.99. The Hall–Kier alpha value is -1.81. The van der Waals surface area contributed by atoms with Crippen LogP contribution >= 0.6 is 11.3 Å². The molecule has 3 nitrogen and oxygen atoms in total. The minimum Gasteiger partial charge on any atom is -0.378 e. The van der Waals surface area contributed by atoms with Crippen molar-refractivity contribution in [1.29, 1.82) is 0 Å². The van der Waals surface area contributed by atoms with Gasteiger partial charge in [-0.05, 0) is 62.4 Å². The molecular weight excluding hydrogens is 278 g/mol. The first kappa shape index (κ1) is 12.9. The zero-order valence-electron chi connectivity index (χ0n) is 12.1. The van der Waals surface area contributed by atoms with Gasteiger partial charge in [-0.1, -0.05) is 0 Å². The van der Waals surface area contributed by atoms with Gasteiger partial charge in [0, 0.05) is 20.8 Å². The fraction of sp³-hybridized carbons (Fsp3) is 0.353. The first-order valence-corrected chi connectivity index (χ1v) is 8.42. The highest BCUT2D eigenvalue weighted by Crippen LogP contribution is 2.34. The number of nitrogens with zero attached hydrogens (tertiary/aromatic N) is 1. The van der Waals surface area contributed by atoms with Gasteiger partial charge in [0.05, 0.1) is 17.8 Å². The molecule has 0 amide bonds. The maximum absolute atomic E-state index is 4.07. The van der Waals surface area contributed by atoms with Crippen molar-refractivity contribution < 1.29 is 0 Å². The highest BCUT2D eigenvalue weighted by molar-refractivity contribution is 7.12. The summed E-state index contributed by atoms with van der Waals surface area (Å²) in [5, 5.41) is 11.8. The van der Waals surface area contributed by atoms with E-state index in [-0.39, 0.29) is 0 Å². The van der Waals surface area contributed by atoms with Gasteiger partial charge in [-0.25, -0.2) is 0 Å². The number of H-pyrrole nitrogens is 1. The van der Waals surface area contributed by atoms with Crippen LogP contribution < -0.4 is 5.32 Å². The van der Waals surface area contributed by atoms with Gasteiger partial charge in [0.15, 0.2) is 0 Å². The van der Waals surface area contributed by atoms with Crippen molar-refractivity contribution in [2.24, 2.45) is 0 Å². The molecule has 2 aromatic heterocycles. The lowest BCUT2D eigenvalue weighted by Gasteiger charge is -2.13. The molecule has 0 fully saturated rings. The number of rotatable bonds is 3. The van der Waals surface area contributed by atoms with Gasteiger partial charge in [0.25, 0.3) is 0 Å². The van der Waals surface area contributed by atoms with E-state index in [2.05, 4.69) is 46.7 Å². The van der Waals surface area contributed by atoms with E-state index in [1.54, 1.807) is 10.4 Å². The summed E-state index contributed by atoms with van der Waals surface area (Å²) in [4.78, 5) is 3.06. The second kappa shape index (κ2) is 5.19. The first-order chi connectivity index (χ1) is 10.3. The summed E-state index contributed by atoms with van der Waals surface area (Å²) in [6.07, 6.45) is 7.11. The standard InChI is InChI=1S/C17H19N3S/c1-11(17-9-12-4-2-3-5-16(12)21-17)19-14-6-7-15-13(8-14)10-18-20-15/h6-11,19H,2-5H2,1H3,(H,18,20). The molecule has 2 heterocycles. The molecule has 2 N–H and O–H groups in total. The van der Waals surface area contributed by atoms with E-state index in [4.69, 9.17) is 0 Å². The molecular formula is C17H19N3S. The van der Waals surface area contributed by atoms with Gasteiger partial charge < -0.3 is 5.32 Å². The van der Waals surface area contributed by atoms with Crippen molar-refractivity contribution in [3.05, 3.63) is 45.8 Å². The molecule has 3 aromatic rings. The zero-order chi connectivity index (χ0) is 14.2. The van der Waals surface area contributed by atoms with Crippen molar-refractivity contribution >= 4 is 27.9 Å². The predicted molar refractivity (Wildman–Crippen MR) is 89.1 cm³/mol. The van der Waals surface area contributed by atoms with Gasteiger partial charge in [-0.2, -0.15) is 5.10 Å². The molecule has 1 aliphatic carbocycles. The number of hydrogen-bond donors (Lipinski definition) is 2. The van der Waals surface area contributed by atoms with Crippen LogP contribution in [0.5, 0.6) is 0 Å². The molecule has 0 aliphatic heterocycles. The van der Waals surface area contributed by atoms with E-state index in [1.807, 2.05) is 17.5 Å². The Kier molecular flexibility index (Phi) is 3.19. The number of thiophene rings is 1. The Morgan fingerprint density at radius 1 is 1.24 bits per heavy atom. The first-order valence-electron chi connectivity index (χ1n) is 7.61. The Balaban J connectivity index is 1.56. The number of nitrogens with one attached hydrogen (secondary N) is 2. The summed E-state index contributed by atoms with van der Waals surface area (Å²) in [5.74, 6) is 0. The van der Waals surface area contributed by atoms with Crippen LogP contribution in [0.3, 0.4) is 0 Å². The average Bonchev–Trinajstić information content (AvgIpc) is 3.13. The van der Waals surface area contributed by atoms with Gasteiger partial charge in [0.2, 0.25) is 0 Å². The quantitative estimate of drug-likeness (QED) is 0.737. The lowest BCUT2D eigenvalue weighted by molar-refractivity contribution is 0.696. The molecule has 4 heteroatoms. The number of hydrogen-bond acceptors (Lipinski definition) is 3. The van der Waals surface area contributed by atoms with Crippen molar-refractivity contribution in [2.45, 2.75) is 38.6 Å². The molecule has 0 spiro atoms. The van der Waals surface area contributed by atoms with Crippen molar-refractivity contribution in [2.75, 3.05) is 5.32 Å². The third-order valence-electron chi connectivity index (χ3n) is 4.27. The molecule has 1 aliphatic rings. The molecule has 1 unspecified atom stereocenters. The van der Waals surface area contributed by atoms with Gasteiger partial charge in [0.1, 0.15) is 0 Å². The van der Waals surface area contributed by atoms with Crippen LogP contribution in [0.15, 0.2) is 30.5 Å². The lowest BCUT2D eigenvalue weighted by Crippen LogP contribution is -2.04. The fourth-order valence-corrected chi connectivity index (χ4v) is 4.34. The van der Waals surface area contributed by atoms with Crippen LogP contribution in [-0.2, 0) is 12.8 Å². The number of aryl methyl sites for hydroxylation is 2. The Bertz CT molecular complexity index is 748. The highest BCUT2D eigenvalue weighted by Gasteiger charge is 2.16. The third-order valence-corrected chi connectivity index (χ3v) is 5.69. The molecule has 0 saturated carbocycles. The monoisotopic (exact) mass is 297 g/mol. The smallest absolute Gasteiger partial charge is 0.0651 e. The summed E-state index contributed by atoms with van der Waals surface area (Å²) in [7, 11) is 0. The van der Waals surface area contributed by atoms with Crippen LogP contribution in [0.1, 0.15) is 41.1 Å². The third kappa shape index (κ3) is 2.44. The highest BCUT2D eigenvalue weighted by atomic mass is 32.1. The minimum atomic E-state index is 0.352. The molecule has 108 valence electrons. The van der Waals surface area contributed by atoms with Crippen LogP contribution in [0.25, 0.3) is 10.9 Å². The summed E-state index contributed by atoms with van der Waals surface area (Å²) in [5.41, 5.74) is 3.82. The van der Waals surface area contributed by atoms with E-state index in [0.29, 0.717) is 6.04 Å². The fourth-order valence-electron chi connectivity index (χ4n) is 3.08. The normalized spacial score (nSPS) is 15.9. The second-order valence-electron chi connectivity index (χ2n) is 5.84. The van der Waals surface area contributed by atoms with Gasteiger partial charge in [-0.3, -0.25) is 5.10 Å². The summed E-state index contributed by atoms with van der Waals surface area (Å²) >= 11 is 1.99. The number of fused-ring (bicyclic) bond motifs is 2. The van der Waals surface area contributed by atoms with Gasteiger partial charge >= 0.3 is 0 Å². The number of benzene rings is 1. The largest absolute Gasteiger partial charge is 0.378 e. The zero-order valence-corrected chi connectivity index (χ0v) is 13.0.